The van der Waals surface area contributed by atoms with Gasteiger partial charge in [-0.3, -0.25) is 0 Å². The van der Waals surface area contributed by atoms with Crippen LogP contribution in [0, 0.1) is 0 Å². The molecule has 0 radical (unpaired) electrons. The van der Waals surface area contributed by atoms with Crippen molar-refractivity contribution in [3.63, 3.8) is 0 Å². The largest absolute Gasteiger partial charge is 0.315 e. The van der Waals surface area contributed by atoms with E-state index in [1.165, 1.54) is 24.2 Å². The second-order valence-corrected chi connectivity index (χ2v) is 8.00. The van der Waals surface area contributed by atoms with E-state index in [2.05, 4.69) is 59.1 Å². The van der Waals surface area contributed by atoms with Crippen molar-refractivity contribution in [3.05, 3.63) is 33.3 Å². The summed E-state index contributed by atoms with van der Waals surface area (Å²) in [5.74, 6) is 1.28. The Kier molecular flexibility index (Phi) is 5.04. The van der Waals surface area contributed by atoms with Crippen molar-refractivity contribution in [2.75, 3.05) is 12.8 Å². The molecule has 4 heteroatoms. The van der Waals surface area contributed by atoms with Crippen LogP contribution in [0.5, 0.6) is 0 Å². The number of rotatable bonds is 4. The number of hydrogen-bond acceptors (Lipinski definition) is 2. The van der Waals surface area contributed by atoms with Crippen LogP contribution in [0.1, 0.15) is 25.3 Å². The zero-order chi connectivity index (χ0) is 13.2. The molecule has 1 fully saturated rings. The molecule has 0 saturated carbocycles. The Bertz CT molecular complexity index is 418. The second-order valence-electron chi connectivity index (χ2n) is 5.05. The summed E-state index contributed by atoms with van der Waals surface area (Å²) in [6.45, 7) is 2.37. The predicted octanol–water partition coefficient (Wildman–Crippen LogP) is 4.52. The minimum Gasteiger partial charge on any atom is -0.315 e. The van der Waals surface area contributed by atoms with Crippen LogP contribution in [0.25, 0.3) is 0 Å². The van der Waals surface area contributed by atoms with Crippen LogP contribution in [-0.2, 0) is 6.42 Å². The lowest BCUT2D eigenvalue weighted by atomic mass is 9.91. The van der Waals surface area contributed by atoms with Crippen LogP contribution in [-0.4, -0.2) is 23.6 Å². The van der Waals surface area contributed by atoms with Crippen molar-refractivity contribution in [1.82, 2.24) is 5.32 Å². The molecule has 1 saturated heterocycles. The molecule has 2 unspecified atom stereocenters. The summed E-state index contributed by atoms with van der Waals surface area (Å²) in [6, 6.07) is 6.65. The fraction of sp³-hybridized carbons (Fsp3) is 0.571. The summed E-state index contributed by atoms with van der Waals surface area (Å²) in [4.78, 5) is 0. The first-order chi connectivity index (χ1) is 8.55. The predicted molar refractivity (Wildman–Crippen MR) is 85.8 cm³/mol. The van der Waals surface area contributed by atoms with Crippen LogP contribution in [0.4, 0.5) is 0 Å². The normalized spacial score (nSPS) is 25.3. The maximum Gasteiger partial charge on any atom is 0.0449 e. The molecule has 100 valence electrons. The van der Waals surface area contributed by atoms with E-state index in [0.717, 1.165) is 15.9 Å². The van der Waals surface area contributed by atoms with Crippen LogP contribution in [0.15, 0.2) is 22.7 Å². The van der Waals surface area contributed by atoms with E-state index in [9.17, 15) is 0 Å². The number of nitrogens with one attached hydrogen (secondary N) is 1. The van der Waals surface area contributed by atoms with Gasteiger partial charge in [-0.25, -0.2) is 0 Å². The van der Waals surface area contributed by atoms with Gasteiger partial charge in [-0.15, -0.1) is 0 Å². The fourth-order valence-electron chi connectivity index (χ4n) is 2.61. The third-order valence-corrected chi connectivity index (χ3v) is 6.26. The van der Waals surface area contributed by atoms with E-state index in [0.29, 0.717) is 10.8 Å². The first kappa shape index (κ1) is 14.7. The Hall–Kier alpha value is 0.300. The van der Waals surface area contributed by atoms with E-state index in [4.69, 9.17) is 11.6 Å². The first-order valence-electron chi connectivity index (χ1n) is 6.30. The summed E-state index contributed by atoms with van der Waals surface area (Å²) < 4.78 is 1.38. The van der Waals surface area contributed by atoms with Crippen molar-refractivity contribution in [3.8, 4) is 0 Å². The molecule has 0 amide bonds. The lowest BCUT2D eigenvalue weighted by Crippen LogP contribution is -2.45. The second kappa shape index (κ2) is 6.17. The Balaban J connectivity index is 2.15. The van der Waals surface area contributed by atoms with Crippen molar-refractivity contribution < 1.29 is 0 Å². The molecule has 1 aromatic carbocycles. The van der Waals surface area contributed by atoms with Crippen molar-refractivity contribution in [2.45, 2.75) is 37.0 Å². The molecule has 0 bridgehead atoms. The van der Waals surface area contributed by atoms with Gasteiger partial charge < -0.3 is 5.32 Å². The Morgan fingerprint density at radius 1 is 1.56 bits per heavy atom. The van der Waals surface area contributed by atoms with Gasteiger partial charge >= 0.3 is 0 Å². The highest BCUT2D eigenvalue weighted by molar-refractivity contribution is 9.10. The van der Waals surface area contributed by atoms with Gasteiger partial charge in [0, 0.05) is 20.3 Å². The molecular weight excluding hydrogens is 330 g/mol. The highest BCUT2D eigenvalue weighted by atomic mass is 79.9. The third kappa shape index (κ3) is 3.24. The van der Waals surface area contributed by atoms with Gasteiger partial charge in [0.2, 0.25) is 0 Å². The molecule has 2 rings (SSSR count). The summed E-state index contributed by atoms with van der Waals surface area (Å²) >= 11 is 11.9. The average molecular weight is 349 g/mol. The number of benzene rings is 1. The zero-order valence-corrected chi connectivity index (χ0v) is 14.0. The minimum atomic E-state index is 0.338. The quantitative estimate of drug-likeness (QED) is 0.858. The molecule has 2 atom stereocenters. The standard InChI is InChI=1S/C14H19BrClNS/c1-14(6-3-7-18-14)13(17-2)8-10-4-5-11(15)9-12(10)16/h4-5,9,13,17H,3,6-8H2,1-2H3. The van der Waals surface area contributed by atoms with Gasteiger partial charge in [-0.05, 0) is 56.7 Å². The zero-order valence-electron chi connectivity index (χ0n) is 10.8. The number of thioether (sulfide) groups is 1. The number of likely N-dealkylation sites (N-methyl/N-ethyl adjacent to an activating group) is 1. The lowest BCUT2D eigenvalue weighted by molar-refractivity contribution is 0.424. The van der Waals surface area contributed by atoms with Gasteiger partial charge in [-0.2, -0.15) is 11.8 Å². The summed E-state index contributed by atoms with van der Waals surface area (Å²) in [5, 5.41) is 4.34. The monoisotopic (exact) mass is 347 g/mol. The van der Waals surface area contributed by atoms with Crippen LogP contribution in [0.2, 0.25) is 5.02 Å². The minimum absolute atomic E-state index is 0.338. The summed E-state index contributed by atoms with van der Waals surface area (Å²) in [7, 11) is 2.06. The highest BCUT2D eigenvalue weighted by Gasteiger charge is 2.37. The molecule has 1 heterocycles. The van der Waals surface area contributed by atoms with Gasteiger partial charge in [-0.1, -0.05) is 33.6 Å². The van der Waals surface area contributed by atoms with Crippen molar-refractivity contribution in [2.24, 2.45) is 0 Å². The van der Waals surface area contributed by atoms with E-state index in [1.54, 1.807) is 0 Å². The molecule has 1 aromatic rings. The van der Waals surface area contributed by atoms with Crippen molar-refractivity contribution >= 4 is 39.3 Å². The van der Waals surface area contributed by atoms with E-state index in [1.807, 2.05) is 6.07 Å². The molecule has 18 heavy (non-hydrogen) atoms. The first-order valence-corrected chi connectivity index (χ1v) is 8.46. The third-order valence-electron chi connectivity index (χ3n) is 3.77. The molecule has 0 aliphatic carbocycles. The summed E-state index contributed by atoms with van der Waals surface area (Å²) in [5.41, 5.74) is 1.23. The van der Waals surface area contributed by atoms with E-state index < -0.39 is 0 Å². The average Bonchev–Trinajstić information content (AvgIpc) is 2.76. The SMILES string of the molecule is CNC(Cc1ccc(Br)cc1Cl)C1(C)CCCS1. The molecule has 0 aromatic heterocycles. The maximum absolute atomic E-state index is 6.32. The smallest absolute Gasteiger partial charge is 0.0449 e. The molecule has 1 aliphatic heterocycles. The maximum atomic E-state index is 6.32. The van der Waals surface area contributed by atoms with Crippen LogP contribution >= 0.6 is 39.3 Å². The van der Waals surface area contributed by atoms with Gasteiger partial charge in [0.15, 0.2) is 0 Å². The molecule has 1 nitrogen and oxygen atoms in total. The number of hydrogen-bond donors (Lipinski definition) is 1. The fourth-order valence-corrected chi connectivity index (χ4v) is 4.80. The Labute approximate surface area is 127 Å². The van der Waals surface area contributed by atoms with Crippen LogP contribution < -0.4 is 5.32 Å². The molecule has 1 aliphatic rings. The van der Waals surface area contributed by atoms with Crippen LogP contribution in [0.3, 0.4) is 0 Å². The topological polar surface area (TPSA) is 12.0 Å². The van der Waals surface area contributed by atoms with E-state index in [-0.39, 0.29) is 0 Å². The lowest BCUT2D eigenvalue weighted by Gasteiger charge is -2.33. The van der Waals surface area contributed by atoms with Gasteiger partial charge in [0.05, 0.1) is 0 Å². The molecule has 0 spiro atoms. The Morgan fingerprint density at radius 2 is 2.33 bits per heavy atom. The molecule has 1 N–H and O–H groups in total. The highest BCUT2D eigenvalue weighted by Crippen LogP contribution is 2.41. The Morgan fingerprint density at radius 3 is 2.89 bits per heavy atom. The molecular formula is C14H19BrClNS. The van der Waals surface area contributed by atoms with Gasteiger partial charge in [0.1, 0.15) is 0 Å². The van der Waals surface area contributed by atoms with Crippen molar-refractivity contribution in [1.29, 1.82) is 0 Å². The summed E-state index contributed by atoms with van der Waals surface area (Å²) in [6.07, 6.45) is 3.61. The number of halogens is 2. The van der Waals surface area contributed by atoms with E-state index >= 15 is 0 Å². The van der Waals surface area contributed by atoms with Gasteiger partial charge in [0.25, 0.3) is 0 Å².